The van der Waals surface area contributed by atoms with E-state index < -0.39 is 11.8 Å². The Hall–Kier alpha value is -2.86. The molecule has 0 unspecified atom stereocenters. The molecule has 0 fully saturated rings. The van der Waals surface area contributed by atoms with Crippen LogP contribution in [0.4, 0.5) is 0 Å². The molecule has 2 N–H and O–H groups in total. The van der Waals surface area contributed by atoms with Crippen molar-refractivity contribution in [2.24, 2.45) is 5.10 Å². The summed E-state index contributed by atoms with van der Waals surface area (Å²) < 4.78 is 5.70. The molecular formula is C20H22ClN3O3. The van der Waals surface area contributed by atoms with Gasteiger partial charge in [-0.15, -0.1) is 0 Å². The van der Waals surface area contributed by atoms with E-state index >= 15 is 0 Å². The molecule has 0 atom stereocenters. The van der Waals surface area contributed by atoms with Gasteiger partial charge in [0.15, 0.2) is 0 Å². The van der Waals surface area contributed by atoms with E-state index in [9.17, 15) is 9.59 Å². The van der Waals surface area contributed by atoms with Crippen molar-refractivity contribution in [3.8, 4) is 5.75 Å². The summed E-state index contributed by atoms with van der Waals surface area (Å²) in [5.41, 5.74) is 3.98. The lowest BCUT2D eigenvalue weighted by molar-refractivity contribution is -0.139. The van der Waals surface area contributed by atoms with E-state index in [4.69, 9.17) is 16.3 Å². The second kappa shape index (κ2) is 11.0. The molecule has 0 aliphatic carbocycles. The minimum Gasteiger partial charge on any atom is -0.489 e. The quantitative estimate of drug-likeness (QED) is 0.315. The van der Waals surface area contributed by atoms with Crippen molar-refractivity contribution < 1.29 is 14.3 Å². The summed E-state index contributed by atoms with van der Waals surface area (Å²) in [6, 6.07) is 14.7. The van der Waals surface area contributed by atoms with E-state index in [-0.39, 0.29) is 0 Å². The smallest absolute Gasteiger partial charge is 0.329 e. The molecule has 0 bridgehead atoms. The molecule has 0 spiro atoms. The zero-order chi connectivity index (χ0) is 19.5. The van der Waals surface area contributed by atoms with Crippen LogP contribution < -0.4 is 15.5 Å². The standard InChI is InChI=1S/C20H22ClN3O3/c1-2-3-12-22-19(25)20(26)24-23-13-15-6-10-18(11-7-15)27-14-16-4-8-17(21)9-5-16/h4-11,13H,2-3,12,14H2,1H3,(H,22,25)(H,24,26)/b23-13+. The number of hydrogen-bond donors (Lipinski definition) is 2. The van der Waals surface area contributed by atoms with Crippen molar-refractivity contribution in [3.05, 3.63) is 64.7 Å². The van der Waals surface area contributed by atoms with Crippen LogP contribution in [0.25, 0.3) is 0 Å². The van der Waals surface area contributed by atoms with E-state index in [0.717, 1.165) is 24.0 Å². The maximum Gasteiger partial charge on any atom is 0.329 e. The molecule has 2 rings (SSSR count). The molecule has 0 radical (unpaired) electrons. The molecular weight excluding hydrogens is 366 g/mol. The fourth-order valence-electron chi connectivity index (χ4n) is 2.07. The van der Waals surface area contributed by atoms with Gasteiger partial charge in [0.05, 0.1) is 6.21 Å². The van der Waals surface area contributed by atoms with Gasteiger partial charge < -0.3 is 10.1 Å². The summed E-state index contributed by atoms with van der Waals surface area (Å²) in [7, 11) is 0. The zero-order valence-electron chi connectivity index (χ0n) is 15.1. The van der Waals surface area contributed by atoms with Crippen molar-refractivity contribution in [3.63, 3.8) is 0 Å². The number of amides is 2. The number of hydrogen-bond acceptors (Lipinski definition) is 4. The number of nitrogens with one attached hydrogen (secondary N) is 2. The predicted molar refractivity (Wildman–Crippen MR) is 106 cm³/mol. The lowest BCUT2D eigenvalue weighted by Crippen LogP contribution is -2.38. The van der Waals surface area contributed by atoms with Gasteiger partial charge >= 0.3 is 11.8 Å². The Kier molecular flexibility index (Phi) is 8.32. The normalized spacial score (nSPS) is 10.6. The van der Waals surface area contributed by atoms with E-state index in [1.54, 1.807) is 24.3 Å². The molecule has 0 saturated heterocycles. The van der Waals surface area contributed by atoms with Crippen LogP contribution in [0.1, 0.15) is 30.9 Å². The second-order valence-corrected chi connectivity index (χ2v) is 6.23. The summed E-state index contributed by atoms with van der Waals surface area (Å²) in [6.45, 7) is 2.92. The number of carbonyl (C=O) groups is 2. The minimum absolute atomic E-state index is 0.438. The van der Waals surface area contributed by atoms with Crippen molar-refractivity contribution >= 4 is 29.6 Å². The Balaban J connectivity index is 1.77. The fraction of sp³-hybridized carbons (Fsp3) is 0.250. The zero-order valence-corrected chi connectivity index (χ0v) is 15.8. The summed E-state index contributed by atoms with van der Waals surface area (Å²) >= 11 is 5.85. The maximum absolute atomic E-state index is 11.6. The van der Waals surface area contributed by atoms with Crippen LogP contribution in [-0.4, -0.2) is 24.6 Å². The number of benzene rings is 2. The molecule has 0 heterocycles. The van der Waals surface area contributed by atoms with E-state index in [0.29, 0.717) is 23.9 Å². The Labute approximate surface area is 163 Å². The van der Waals surface area contributed by atoms with Gasteiger partial charge in [-0.1, -0.05) is 37.1 Å². The molecule has 7 heteroatoms. The molecule has 0 aliphatic heterocycles. The van der Waals surface area contributed by atoms with Gasteiger partial charge in [0, 0.05) is 11.6 Å². The molecule has 6 nitrogen and oxygen atoms in total. The van der Waals surface area contributed by atoms with Gasteiger partial charge in [-0.2, -0.15) is 5.10 Å². The van der Waals surface area contributed by atoms with Gasteiger partial charge in [-0.05, 0) is 53.9 Å². The maximum atomic E-state index is 11.6. The lowest BCUT2D eigenvalue weighted by Gasteiger charge is -2.06. The molecule has 142 valence electrons. The van der Waals surface area contributed by atoms with Crippen molar-refractivity contribution in [2.45, 2.75) is 26.4 Å². The topological polar surface area (TPSA) is 79.8 Å². The largest absolute Gasteiger partial charge is 0.489 e. The van der Waals surface area contributed by atoms with E-state index in [1.165, 1.54) is 6.21 Å². The van der Waals surface area contributed by atoms with Crippen molar-refractivity contribution in [2.75, 3.05) is 6.54 Å². The first kappa shape index (κ1) is 20.5. The van der Waals surface area contributed by atoms with E-state index in [1.807, 2.05) is 31.2 Å². The molecule has 0 saturated carbocycles. The number of nitrogens with zero attached hydrogens (tertiary/aromatic N) is 1. The Bertz CT molecular complexity index is 774. The highest BCUT2D eigenvalue weighted by molar-refractivity contribution is 6.35. The summed E-state index contributed by atoms with van der Waals surface area (Å²) in [5.74, 6) is -0.766. The van der Waals surface area contributed by atoms with Gasteiger partial charge in [0.2, 0.25) is 0 Å². The number of ether oxygens (including phenoxy) is 1. The Morgan fingerprint density at radius 2 is 1.78 bits per heavy atom. The van der Waals surface area contributed by atoms with Crippen LogP contribution in [0.2, 0.25) is 5.02 Å². The Morgan fingerprint density at radius 1 is 1.07 bits per heavy atom. The highest BCUT2D eigenvalue weighted by atomic mass is 35.5. The van der Waals surface area contributed by atoms with Crippen LogP contribution in [0.5, 0.6) is 5.75 Å². The van der Waals surface area contributed by atoms with Crippen molar-refractivity contribution in [1.82, 2.24) is 10.7 Å². The third kappa shape index (κ3) is 7.50. The third-order valence-electron chi connectivity index (χ3n) is 3.60. The SMILES string of the molecule is CCCCNC(=O)C(=O)N/N=C/c1ccc(OCc2ccc(Cl)cc2)cc1. The van der Waals surface area contributed by atoms with Crippen LogP contribution in [-0.2, 0) is 16.2 Å². The van der Waals surface area contributed by atoms with E-state index in [2.05, 4.69) is 15.8 Å². The van der Waals surface area contributed by atoms with Crippen LogP contribution in [0.15, 0.2) is 53.6 Å². The van der Waals surface area contributed by atoms with Gasteiger partial charge in [-0.25, -0.2) is 5.43 Å². The molecule has 2 amide bonds. The van der Waals surface area contributed by atoms with Gasteiger partial charge in [-0.3, -0.25) is 9.59 Å². The minimum atomic E-state index is -0.787. The average molecular weight is 388 g/mol. The number of halogens is 1. The van der Waals surface area contributed by atoms with Crippen LogP contribution >= 0.6 is 11.6 Å². The van der Waals surface area contributed by atoms with Crippen LogP contribution in [0, 0.1) is 0 Å². The Morgan fingerprint density at radius 3 is 2.44 bits per heavy atom. The second-order valence-electron chi connectivity index (χ2n) is 5.79. The molecule has 0 aliphatic rings. The first-order valence-corrected chi connectivity index (χ1v) is 9.05. The molecule has 2 aromatic carbocycles. The monoisotopic (exact) mass is 387 g/mol. The highest BCUT2D eigenvalue weighted by Crippen LogP contribution is 2.15. The first-order chi connectivity index (χ1) is 13.1. The fourth-order valence-corrected chi connectivity index (χ4v) is 2.20. The summed E-state index contributed by atoms with van der Waals surface area (Å²) in [5, 5.41) is 6.99. The number of unbranched alkanes of at least 4 members (excludes halogenated alkanes) is 1. The first-order valence-electron chi connectivity index (χ1n) is 8.67. The van der Waals surface area contributed by atoms with Gasteiger partial charge in [0.1, 0.15) is 12.4 Å². The molecule has 2 aromatic rings. The third-order valence-corrected chi connectivity index (χ3v) is 3.85. The highest BCUT2D eigenvalue weighted by Gasteiger charge is 2.10. The van der Waals surface area contributed by atoms with Crippen LogP contribution in [0.3, 0.4) is 0 Å². The molecule has 27 heavy (non-hydrogen) atoms. The average Bonchev–Trinajstić information content (AvgIpc) is 2.68. The predicted octanol–water partition coefficient (Wildman–Crippen LogP) is 3.29. The summed E-state index contributed by atoms with van der Waals surface area (Å²) in [4.78, 5) is 23.0. The number of rotatable bonds is 8. The lowest BCUT2D eigenvalue weighted by atomic mass is 10.2. The number of carbonyl (C=O) groups excluding carboxylic acids is 2. The molecule has 0 aromatic heterocycles. The summed E-state index contributed by atoms with van der Waals surface area (Å²) in [6.07, 6.45) is 3.23. The van der Waals surface area contributed by atoms with Crippen molar-refractivity contribution in [1.29, 1.82) is 0 Å². The van der Waals surface area contributed by atoms with Gasteiger partial charge in [0.25, 0.3) is 0 Å². The number of hydrazone groups is 1.